The Hall–Kier alpha value is -2.02. The Labute approximate surface area is 146 Å². The fourth-order valence-corrected chi connectivity index (χ4v) is 4.24. The normalized spacial score (nSPS) is 26.6. The first-order valence-electron chi connectivity index (χ1n) is 9.22. The third-order valence-corrected chi connectivity index (χ3v) is 6.04. The van der Waals surface area contributed by atoms with Gasteiger partial charge in [-0.2, -0.15) is 5.10 Å². The van der Waals surface area contributed by atoms with Gasteiger partial charge in [-0.05, 0) is 50.4 Å². The zero-order valence-corrected chi connectivity index (χ0v) is 14.2. The van der Waals surface area contributed by atoms with Gasteiger partial charge in [0.25, 0.3) is 0 Å². The summed E-state index contributed by atoms with van der Waals surface area (Å²) < 4.78 is 16.5. The lowest BCUT2D eigenvalue weighted by atomic mass is 9.92. The molecule has 3 aliphatic rings. The Morgan fingerprint density at radius 3 is 2.76 bits per heavy atom. The van der Waals surface area contributed by atoms with Gasteiger partial charge in [-0.1, -0.05) is 0 Å². The summed E-state index contributed by atoms with van der Waals surface area (Å²) in [7, 11) is 0. The standard InChI is InChI=1S/C18H23FN6/c19-14-9-21-17(23-12-3-1-11(20)2-4-12)24-16(14)13-8-22-25-10-18(5-6-18)7-15(13)25/h8-9,11-12H,1-7,10,20H2,(H,21,23,24)/t11-,12-. The van der Waals surface area contributed by atoms with Crippen LogP contribution in [0.5, 0.6) is 0 Å². The van der Waals surface area contributed by atoms with E-state index in [1.54, 1.807) is 6.20 Å². The molecule has 6 nitrogen and oxygen atoms in total. The van der Waals surface area contributed by atoms with Gasteiger partial charge in [0.1, 0.15) is 5.69 Å². The molecule has 0 saturated heterocycles. The number of nitrogens with two attached hydrogens (primary N) is 1. The number of fused-ring (bicyclic) bond motifs is 1. The van der Waals surface area contributed by atoms with Gasteiger partial charge >= 0.3 is 0 Å². The smallest absolute Gasteiger partial charge is 0.223 e. The van der Waals surface area contributed by atoms with Gasteiger partial charge in [0, 0.05) is 29.9 Å². The molecule has 0 bridgehead atoms. The van der Waals surface area contributed by atoms with Crippen LogP contribution < -0.4 is 11.1 Å². The molecule has 1 spiro atoms. The van der Waals surface area contributed by atoms with Crippen molar-refractivity contribution in [2.24, 2.45) is 11.1 Å². The third-order valence-electron chi connectivity index (χ3n) is 6.04. The molecule has 3 heterocycles. The van der Waals surface area contributed by atoms with Gasteiger partial charge < -0.3 is 11.1 Å². The monoisotopic (exact) mass is 342 g/mol. The predicted octanol–water partition coefficient (Wildman–Crippen LogP) is 2.50. The van der Waals surface area contributed by atoms with E-state index in [4.69, 9.17) is 5.73 Å². The van der Waals surface area contributed by atoms with Gasteiger partial charge in [-0.25, -0.2) is 14.4 Å². The van der Waals surface area contributed by atoms with Crippen molar-refractivity contribution in [3.05, 3.63) is 23.9 Å². The van der Waals surface area contributed by atoms with E-state index in [-0.39, 0.29) is 5.82 Å². The van der Waals surface area contributed by atoms with Crippen molar-refractivity contribution < 1.29 is 4.39 Å². The van der Waals surface area contributed by atoms with Crippen molar-refractivity contribution in [3.63, 3.8) is 0 Å². The molecule has 3 N–H and O–H groups in total. The summed E-state index contributed by atoms with van der Waals surface area (Å²) in [5.41, 5.74) is 8.65. The molecular weight excluding hydrogens is 319 g/mol. The topological polar surface area (TPSA) is 81.6 Å². The zero-order valence-electron chi connectivity index (χ0n) is 14.2. The number of nitrogens with one attached hydrogen (secondary N) is 1. The van der Waals surface area contributed by atoms with E-state index in [2.05, 4.69) is 20.4 Å². The number of hydrogen-bond acceptors (Lipinski definition) is 5. The Kier molecular flexibility index (Phi) is 3.35. The number of rotatable bonds is 3. The molecule has 1 aliphatic heterocycles. The molecule has 0 unspecified atom stereocenters. The van der Waals surface area contributed by atoms with Crippen LogP contribution in [-0.2, 0) is 13.0 Å². The van der Waals surface area contributed by atoms with Crippen LogP contribution in [0, 0.1) is 11.2 Å². The van der Waals surface area contributed by atoms with Crippen molar-refractivity contribution >= 4 is 5.95 Å². The minimum atomic E-state index is -0.385. The molecule has 0 aromatic carbocycles. The summed E-state index contributed by atoms with van der Waals surface area (Å²) in [6.45, 7) is 0.961. The van der Waals surface area contributed by atoms with E-state index in [0.29, 0.717) is 29.1 Å². The van der Waals surface area contributed by atoms with Gasteiger partial charge in [-0.3, -0.25) is 4.68 Å². The van der Waals surface area contributed by atoms with E-state index < -0.39 is 0 Å². The first kappa shape index (κ1) is 15.3. The van der Waals surface area contributed by atoms with E-state index in [1.807, 2.05) is 4.68 Å². The lowest BCUT2D eigenvalue weighted by Crippen LogP contribution is -2.33. The maximum absolute atomic E-state index is 14.4. The van der Waals surface area contributed by atoms with E-state index in [0.717, 1.165) is 49.9 Å². The van der Waals surface area contributed by atoms with Crippen molar-refractivity contribution in [2.45, 2.75) is 63.6 Å². The van der Waals surface area contributed by atoms with Crippen LogP contribution in [0.15, 0.2) is 12.4 Å². The number of hydrogen-bond donors (Lipinski definition) is 2. The van der Waals surface area contributed by atoms with Crippen LogP contribution in [-0.4, -0.2) is 31.8 Å². The van der Waals surface area contributed by atoms with Gasteiger partial charge in [0.05, 0.1) is 12.4 Å². The molecule has 0 atom stereocenters. The first-order valence-corrected chi connectivity index (χ1v) is 9.22. The minimum Gasteiger partial charge on any atom is -0.351 e. The van der Waals surface area contributed by atoms with E-state index in [9.17, 15) is 4.39 Å². The molecule has 25 heavy (non-hydrogen) atoms. The maximum atomic E-state index is 14.4. The van der Waals surface area contributed by atoms with Crippen LogP contribution in [0.4, 0.5) is 10.3 Å². The zero-order chi connectivity index (χ0) is 17.0. The minimum absolute atomic E-state index is 0.299. The molecular formula is C18H23FN6. The molecule has 0 radical (unpaired) electrons. The average Bonchev–Trinajstić information content (AvgIpc) is 3.10. The van der Waals surface area contributed by atoms with E-state index >= 15 is 0 Å². The molecule has 2 fully saturated rings. The molecule has 2 aliphatic carbocycles. The van der Waals surface area contributed by atoms with Crippen molar-refractivity contribution in [3.8, 4) is 11.3 Å². The predicted molar refractivity (Wildman–Crippen MR) is 92.4 cm³/mol. The summed E-state index contributed by atoms with van der Waals surface area (Å²) in [6.07, 6.45) is 10.5. The van der Waals surface area contributed by atoms with Crippen LogP contribution in [0.1, 0.15) is 44.2 Å². The highest BCUT2D eigenvalue weighted by Crippen LogP contribution is 2.54. The van der Waals surface area contributed by atoms with Crippen molar-refractivity contribution in [2.75, 3.05) is 5.32 Å². The highest BCUT2D eigenvalue weighted by atomic mass is 19.1. The number of halogens is 1. The lowest BCUT2D eigenvalue weighted by molar-refractivity contribution is 0.409. The van der Waals surface area contributed by atoms with Crippen LogP contribution >= 0.6 is 0 Å². The fourth-order valence-electron chi connectivity index (χ4n) is 4.24. The summed E-state index contributed by atoms with van der Waals surface area (Å²) >= 11 is 0. The SMILES string of the molecule is N[C@H]1CC[C@H](Nc2ncc(F)c(-c3cnn4c3CC3(CC3)C4)n2)CC1. The Morgan fingerprint density at radius 1 is 1.20 bits per heavy atom. The second-order valence-electron chi connectivity index (χ2n) is 7.99. The number of aromatic nitrogens is 4. The molecule has 7 heteroatoms. The Morgan fingerprint density at radius 2 is 2.00 bits per heavy atom. The van der Waals surface area contributed by atoms with Crippen LogP contribution in [0.2, 0.25) is 0 Å². The maximum Gasteiger partial charge on any atom is 0.223 e. The first-order chi connectivity index (χ1) is 12.1. The van der Waals surface area contributed by atoms with Crippen molar-refractivity contribution in [1.82, 2.24) is 19.7 Å². The quantitative estimate of drug-likeness (QED) is 0.896. The molecule has 0 amide bonds. The Bertz CT molecular complexity index is 804. The highest BCUT2D eigenvalue weighted by molar-refractivity contribution is 5.63. The summed E-state index contributed by atoms with van der Waals surface area (Å²) in [6, 6.07) is 0.609. The fraction of sp³-hybridized carbons (Fsp3) is 0.611. The second kappa shape index (κ2) is 5.49. The summed E-state index contributed by atoms with van der Waals surface area (Å²) in [5, 5.41) is 7.81. The lowest BCUT2D eigenvalue weighted by Gasteiger charge is -2.26. The average molecular weight is 342 g/mol. The Balaban J connectivity index is 1.41. The molecule has 2 saturated carbocycles. The number of nitrogens with zero attached hydrogens (tertiary/aromatic N) is 4. The van der Waals surface area contributed by atoms with Gasteiger partial charge in [-0.15, -0.1) is 0 Å². The van der Waals surface area contributed by atoms with Gasteiger partial charge in [0.15, 0.2) is 5.82 Å². The number of anilines is 1. The summed E-state index contributed by atoms with van der Waals surface area (Å²) in [4.78, 5) is 8.63. The van der Waals surface area contributed by atoms with Crippen LogP contribution in [0.3, 0.4) is 0 Å². The highest BCUT2D eigenvalue weighted by Gasteiger charge is 2.48. The summed E-state index contributed by atoms with van der Waals surface area (Å²) in [5.74, 6) is 0.111. The van der Waals surface area contributed by atoms with E-state index in [1.165, 1.54) is 19.0 Å². The third kappa shape index (κ3) is 2.70. The van der Waals surface area contributed by atoms with Crippen molar-refractivity contribution in [1.29, 1.82) is 0 Å². The molecule has 2 aromatic heterocycles. The second-order valence-corrected chi connectivity index (χ2v) is 7.99. The molecule has 2 aromatic rings. The molecule has 132 valence electrons. The van der Waals surface area contributed by atoms with Gasteiger partial charge in [0.2, 0.25) is 5.95 Å². The largest absolute Gasteiger partial charge is 0.351 e. The molecule has 5 rings (SSSR count). The van der Waals surface area contributed by atoms with Crippen LogP contribution in [0.25, 0.3) is 11.3 Å².